The first-order valence-electron chi connectivity index (χ1n) is 10.5. The number of aromatic nitrogens is 2. The van der Waals surface area contributed by atoms with Gasteiger partial charge >= 0.3 is 11.7 Å². The van der Waals surface area contributed by atoms with Gasteiger partial charge < -0.3 is 0 Å². The zero-order valence-corrected chi connectivity index (χ0v) is 16.8. The van der Waals surface area contributed by atoms with Crippen LogP contribution in [0.4, 0.5) is 5.82 Å². The Morgan fingerprint density at radius 3 is 2.50 bits per heavy atom. The Kier molecular flexibility index (Phi) is 4.98. The first-order chi connectivity index (χ1) is 14.8. The van der Waals surface area contributed by atoms with E-state index < -0.39 is 0 Å². The highest BCUT2D eigenvalue weighted by molar-refractivity contribution is 5.82. The molecule has 1 unspecified atom stereocenters. The van der Waals surface area contributed by atoms with E-state index in [2.05, 4.69) is 35.7 Å². The maximum Gasteiger partial charge on any atom is 0.359 e. The molecule has 0 fully saturated rings. The highest BCUT2D eigenvalue weighted by Crippen LogP contribution is 2.25. The van der Waals surface area contributed by atoms with Crippen LogP contribution in [-0.2, 0) is 12.8 Å². The topological polar surface area (TPSA) is 45.9 Å². The predicted octanol–water partition coefficient (Wildman–Crippen LogP) is 4.53. The van der Waals surface area contributed by atoms with E-state index in [1.807, 2.05) is 54.7 Å². The fraction of sp³-hybridized carbons (Fsp3) is 0.192. The molecule has 0 radical (unpaired) electrons. The number of carbonyl (C=O) groups excluding carboxylic acids is 1. The predicted molar refractivity (Wildman–Crippen MR) is 118 cm³/mol. The molecule has 1 aromatic heterocycles. The van der Waals surface area contributed by atoms with Gasteiger partial charge in [-0.25, -0.2) is 9.78 Å². The SMILES string of the molecule is O=C1C(Cc2ccccc2)Nc2c(CC3=CCCC=C3)nc(-c3ccccc3)c[n+]21. The molecule has 3 aromatic rings. The average molecular weight is 394 g/mol. The summed E-state index contributed by atoms with van der Waals surface area (Å²) in [6, 6.07) is 19.9. The Labute approximate surface area is 176 Å². The normalized spacial score (nSPS) is 17.4. The third-order valence-electron chi connectivity index (χ3n) is 5.66. The standard InChI is InChI=1S/C26H23N3O/c30-26-23(17-20-12-6-2-7-13-20)28-25-22(16-19-10-4-1-5-11-19)27-24(18-29(25)26)21-14-8-3-9-15-21/h2-4,6-15,18,23H,1,5,16-17H2/p+1. The number of carbonyl (C=O) groups is 1. The van der Waals surface area contributed by atoms with E-state index in [4.69, 9.17) is 4.98 Å². The lowest BCUT2D eigenvalue weighted by atomic mass is 10.0. The highest BCUT2D eigenvalue weighted by Gasteiger charge is 2.41. The van der Waals surface area contributed by atoms with Crippen molar-refractivity contribution >= 4 is 11.7 Å². The van der Waals surface area contributed by atoms with Crippen LogP contribution >= 0.6 is 0 Å². The lowest BCUT2D eigenvalue weighted by Crippen LogP contribution is -2.44. The van der Waals surface area contributed by atoms with Gasteiger partial charge in [0.15, 0.2) is 6.04 Å². The summed E-state index contributed by atoms with van der Waals surface area (Å²) in [5.41, 5.74) is 5.15. The van der Waals surface area contributed by atoms with Crippen molar-refractivity contribution in [3.8, 4) is 11.3 Å². The molecule has 0 bridgehead atoms. The van der Waals surface area contributed by atoms with Crippen molar-refractivity contribution in [3.63, 3.8) is 0 Å². The van der Waals surface area contributed by atoms with Crippen LogP contribution in [0, 0.1) is 0 Å². The van der Waals surface area contributed by atoms with Gasteiger partial charge in [0.25, 0.3) is 0 Å². The second-order valence-electron chi connectivity index (χ2n) is 7.82. The summed E-state index contributed by atoms with van der Waals surface area (Å²) in [4.78, 5) is 18.2. The van der Waals surface area contributed by atoms with Crippen LogP contribution in [0.25, 0.3) is 11.3 Å². The first kappa shape index (κ1) is 18.5. The number of nitrogens with zero attached hydrogens (tertiary/aromatic N) is 2. The van der Waals surface area contributed by atoms with Crippen molar-refractivity contribution in [2.24, 2.45) is 0 Å². The summed E-state index contributed by atoms with van der Waals surface area (Å²) in [5, 5.41) is 3.47. The molecule has 1 aliphatic heterocycles. The van der Waals surface area contributed by atoms with E-state index in [0.717, 1.165) is 41.2 Å². The van der Waals surface area contributed by atoms with Crippen LogP contribution in [-0.4, -0.2) is 16.9 Å². The summed E-state index contributed by atoms with van der Waals surface area (Å²) in [6.45, 7) is 0. The van der Waals surface area contributed by atoms with E-state index in [1.165, 1.54) is 5.57 Å². The molecule has 4 heteroatoms. The molecule has 2 aliphatic rings. The smallest absolute Gasteiger partial charge is 0.258 e. The number of fused-ring (bicyclic) bond motifs is 1. The Hall–Kier alpha value is -3.53. The second-order valence-corrected chi connectivity index (χ2v) is 7.82. The number of allylic oxidation sites excluding steroid dienone is 4. The first-order valence-corrected chi connectivity index (χ1v) is 10.5. The van der Waals surface area contributed by atoms with E-state index in [-0.39, 0.29) is 11.9 Å². The van der Waals surface area contributed by atoms with Gasteiger partial charge in [-0.3, -0.25) is 5.32 Å². The summed E-state index contributed by atoms with van der Waals surface area (Å²) < 4.78 is 1.77. The molecule has 0 saturated carbocycles. The molecule has 2 heterocycles. The fourth-order valence-corrected chi connectivity index (χ4v) is 4.13. The van der Waals surface area contributed by atoms with Gasteiger partial charge in [0.2, 0.25) is 0 Å². The Morgan fingerprint density at radius 1 is 1.00 bits per heavy atom. The van der Waals surface area contributed by atoms with Crippen LogP contribution in [0.2, 0.25) is 0 Å². The zero-order valence-electron chi connectivity index (χ0n) is 16.8. The molecular formula is C26H24N3O+. The van der Waals surface area contributed by atoms with Gasteiger partial charge in [0.1, 0.15) is 17.6 Å². The van der Waals surface area contributed by atoms with Gasteiger partial charge in [0.05, 0.1) is 0 Å². The van der Waals surface area contributed by atoms with Crippen molar-refractivity contribution in [3.05, 3.63) is 102 Å². The summed E-state index contributed by atoms with van der Waals surface area (Å²) in [6.07, 6.45) is 12.0. The van der Waals surface area contributed by atoms with Gasteiger partial charge in [-0.15, -0.1) is 0 Å². The lowest BCUT2D eigenvalue weighted by molar-refractivity contribution is -0.552. The number of hydrogen-bond acceptors (Lipinski definition) is 3. The Morgan fingerprint density at radius 2 is 1.77 bits per heavy atom. The molecule has 2 aromatic carbocycles. The zero-order chi connectivity index (χ0) is 20.3. The van der Waals surface area contributed by atoms with E-state index in [1.54, 1.807) is 4.57 Å². The van der Waals surface area contributed by atoms with Crippen molar-refractivity contribution in [1.29, 1.82) is 0 Å². The molecule has 4 nitrogen and oxygen atoms in total. The average Bonchev–Trinajstić information content (AvgIpc) is 3.11. The lowest BCUT2D eigenvalue weighted by Gasteiger charge is -2.09. The molecule has 0 saturated heterocycles. The number of rotatable bonds is 5. The summed E-state index contributed by atoms with van der Waals surface area (Å²) >= 11 is 0. The molecule has 0 amide bonds. The minimum absolute atomic E-state index is 0.0721. The minimum atomic E-state index is -0.283. The quantitative estimate of drug-likeness (QED) is 0.647. The third kappa shape index (κ3) is 3.69. The number of anilines is 1. The van der Waals surface area contributed by atoms with Gasteiger partial charge in [-0.05, 0) is 24.0 Å². The van der Waals surface area contributed by atoms with Crippen LogP contribution in [0.5, 0.6) is 0 Å². The maximum atomic E-state index is 13.3. The van der Waals surface area contributed by atoms with Gasteiger partial charge in [-0.2, -0.15) is 4.57 Å². The van der Waals surface area contributed by atoms with Crippen LogP contribution in [0.15, 0.2) is 90.7 Å². The molecule has 30 heavy (non-hydrogen) atoms. The van der Waals surface area contributed by atoms with Crippen molar-refractivity contribution in [2.45, 2.75) is 31.7 Å². The summed E-state index contributed by atoms with van der Waals surface area (Å²) in [7, 11) is 0. The highest BCUT2D eigenvalue weighted by atomic mass is 16.2. The van der Waals surface area contributed by atoms with E-state index in [9.17, 15) is 4.79 Å². The van der Waals surface area contributed by atoms with Crippen LogP contribution < -0.4 is 9.88 Å². The van der Waals surface area contributed by atoms with Crippen molar-refractivity contribution < 1.29 is 9.36 Å². The van der Waals surface area contributed by atoms with Crippen molar-refractivity contribution in [2.75, 3.05) is 5.32 Å². The largest absolute Gasteiger partial charge is 0.359 e. The molecule has 1 atom stereocenters. The number of hydrogen-bond donors (Lipinski definition) is 1. The van der Waals surface area contributed by atoms with Crippen LogP contribution in [0.3, 0.4) is 0 Å². The molecular weight excluding hydrogens is 370 g/mol. The fourth-order valence-electron chi connectivity index (χ4n) is 4.13. The Balaban J connectivity index is 1.53. The van der Waals surface area contributed by atoms with Gasteiger partial charge in [-0.1, -0.05) is 78.9 Å². The third-order valence-corrected chi connectivity index (χ3v) is 5.66. The van der Waals surface area contributed by atoms with Gasteiger partial charge in [0, 0.05) is 18.4 Å². The van der Waals surface area contributed by atoms with E-state index in [0.29, 0.717) is 12.8 Å². The second kappa shape index (κ2) is 8.07. The molecule has 0 spiro atoms. The number of nitrogens with one attached hydrogen (secondary N) is 1. The van der Waals surface area contributed by atoms with Crippen LogP contribution in [0.1, 0.15) is 28.9 Å². The molecule has 1 aliphatic carbocycles. The Bertz CT molecular complexity index is 1130. The monoisotopic (exact) mass is 394 g/mol. The van der Waals surface area contributed by atoms with Crippen molar-refractivity contribution in [1.82, 2.24) is 4.98 Å². The summed E-state index contributed by atoms with van der Waals surface area (Å²) in [5.74, 6) is 0.892. The molecule has 5 rings (SSSR count). The minimum Gasteiger partial charge on any atom is -0.258 e. The molecule has 148 valence electrons. The maximum absolute atomic E-state index is 13.3. The number of benzene rings is 2. The molecule has 1 N–H and O–H groups in total. The van der Waals surface area contributed by atoms with E-state index >= 15 is 0 Å².